The fourth-order valence-electron chi connectivity index (χ4n) is 5.69. The molecule has 2 aliphatic carbocycles. The van der Waals surface area contributed by atoms with Crippen LogP contribution in [0, 0.1) is 22.7 Å². The fraction of sp³-hybridized carbons (Fsp3) is 0.682. The van der Waals surface area contributed by atoms with Crippen LogP contribution in [0.25, 0.3) is 0 Å². The molecule has 0 aliphatic heterocycles. The lowest BCUT2D eigenvalue weighted by Crippen LogP contribution is -2.50. The molecule has 0 bridgehead atoms. The third-order valence-corrected chi connectivity index (χ3v) is 6.79. The van der Waals surface area contributed by atoms with E-state index in [1.54, 1.807) is 6.92 Å². The van der Waals surface area contributed by atoms with Crippen LogP contribution >= 0.6 is 0 Å². The second kappa shape index (κ2) is 6.79. The molecule has 1 heteroatoms. The van der Waals surface area contributed by atoms with Gasteiger partial charge in [0, 0.05) is 6.42 Å². The van der Waals surface area contributed by atoms with Gasteiger partial charge >= 0.3 is 0 Å². The van der Waals surface area contributed by atoms with Crippen molar-refractivity contribution in [2.75, 3.05) is 0 Å². The molecule has 2 rings (SSSR count). The number of ketones is 1. The molecule has 0 heterocycles. The van der Waals surface area contributed by atoms with Gasteiger partial charge in [0.1, 0.15) is 5.78 Å². The maximum absolute atomic E-state index is 11.9. The van der Waals surface area contributed by atoms with Crippen molar-refractivity contribution < 1.29 is 4.79 Å². The Kier molecular flexibility index (Phi) is 5.38. The van der Waals surface area contributed by atoms with Gasteiger partial charge < -0.3 is 4.79 Å². The van der Waals surface area contributed by atoms with Crippen molar-refractivity contribution in [2.45, 2.75) is 72.6 Å². The molecule has 2 aliphatic rings. The Morgan fingerprint density at radius 2 is 2.00 bits per heavy atom. The third kappa shape index (κ3) is 3.54. The number of carbonyl (C=O) groups is 1. The van der Waals surface area contributed by atoms with E-state index in [0.29, 0.717) is 17.6 Å². The Balaban J connectivity index is 2.32. The van der Waals surface area contributed by atoms with Crippen LogP contribution in [-0.2, 0) is 4.79 Å². The van der Waals surface area contributed by atoms with Gasteiger partial charge in [-0.15, -0.1) is 0 Å². The van der Waals surface area contributed by atoms with Crippen LogP contribution in [0.4, 0.5) is 0 Å². The van der Waals surface area contributed by atoms with E-state index < -0.39 is 0 Å². The average Bonchev–Trinajstić information content (AvgIpc) is 2.44. The lowest BCUT2D eigenvalue weighted by atomic mass is 9.46. The average molecular weight is 315 g/mol. The van der Waals surface area contributed by atoms with Gasteiger partial charge in [0.25, 0.3) is 0 Å². The topological polar surface area (TPSA) is 17.1 Å². The molecule has 2 saturated carbocycles. The summed E-state index contributed by atoms with van der Waals surface area (Å²) in [5.74, 6) is 1.53. The largest absolute Gasteiger partial charge is 0.300 e. The lowest BCUT2D eigenvalue weighted by Gasteiger charge is -2.58. The van der Waals surface area contributed by atoms with Crippen molar-refractivity contribution in [1.82, 2.24) is 0 Å². The predicted octanol–water partition coefficient (Wildman–Crippen LogP) is 6.27. The summed E-state index contributed by atoms with van der Waals surface area (Å²) >= 11 is 0. The number of carbonyl (C=O) groups excluding carboxylic acids is 1. The van der Waals surface area contributed by atoms with E-state index in [1.807, 2.05) is 6.08 Å². The molecule has 0 N–H and O–H groups in total. The Morgan fingerprint density at radius 3 is 2.61 bits per heavy atom. The molecule has 0 saturated heterocycles. The van der Waals surface area contributed by atoms with E-state index >= 15 is 0 Å². The maximum Gasteiger partial charge on any atom is 0.130 e. The fourth-order valence-corrected chi connectivity index (χ4v) is 5.69. The molecule has 128 valence electrons. The molecule has 0 unspecified atom stereocenters. The standard InChI is InChI=1S/C22H34O/c1-7-16(2)9-11-19-17(3)10-12-20-21(5,15-18(4)23)13-8-14-22(19,20)6/h7,9,19-20H,1,3,8,10-15H2,2,4-6H3/b16-9+/t19-,20-,21+,22+/m0/s1. The van der Waals surface area contributed by atoms with E-state index in [4.69, 9.17) is 0 Å². The Labute approximate surface area is 142 Å². The molecule has 0 aromatic heterocycles. The van der Waals surface area contributed by atoms with Crippen LogP contribution in [0.3, 0.4) is 0 Å². The summed E-state index contributed by atoms with van der Waals surface area (Å²) in [4.78, 5) is 11.9. The molecule has 2 fully saturated rings. The second-order valence-corrected chi connectivity index (χ2v) is 8.58. The van der Waals surface area contributed by atoms with Gasteiger partial charge in [-0.05, 0) is 68.6 Å². The molecule has 1 nitrogen and oxygen atoms in total. The highest BCUT2D eigenvalue weighted by Crippen LogP contribution is 2.62. The summed E-state index contributed by atoms with van der Waals surface area (Å²) in [6.45, 7) is 17.0. The third-order valence-electron chi connectivity index (χ3n) is 6.79. The van der Waals surface area contributed by atoms with Crippen LogP contribution in [0.5, 0.6) is 0 Å². The van der Waals surface area contributed by atoms with Crippen LogP contribution < -0.4 is 0 Å². The molecule has 0 radical (unpaired) electrons. The first-order chi connectivity index (χ1) is 10.7. The van der Waals surface area contributed by atoms with Gasteiger partial charge in [-0.3, -0.25) is 0 Å². The second-order valence-electron chi connectivity index (χ2n) is 8.58. The molecule has 0 amide bonds. The van der Waals surface area contributed by atoms with Crippen molar-refractivity contribution in [3.63, 3.8) is 0 Å². The summed E-state index contributed by atoms with van der Waals surface area (Å²) in [7, 11) is 0. The Bertz CT molecular complexity index is 526. The quantitative estimate of drug-likeness (QED) is 0.432. The monoisotopic (exact) mass is 314 g/mol. The van der Waals surface area contributed by atoms with Crippen LogP contribution in [-0.4, -0.2) is 5.78 Å². The lowest BCUT2D eigenvalue weighted by molar-refractivity contribution is -0.125. The summed E-state index contributed by atoms with van der Waals surface area (Å²) < 4.78 is 0. The summed E-state index contributed by atoms with van der Waals surface area (Å²) in [5.41, 5.74) is 3.14. The highest BCUT2D eigenvalue weighted by molar-refractivity contribution is 5.76. The number of fused-ring (bicyclic) bond motifs is 1. The molecular weight excluding hydrogens is 280 g/mol. The minimum atomic E-state index is 0.176. The van der Waals surface area contributed by atoms with Gasteiger partial charge in [0.15, 0.2) is 0 Å². The van der Waals surface area contributed by atoms with Crippen LogP contribution in [0.15, 0.2) is 36.5 Å². The zero-order valence-electron chi connectivity index (χ0n) is 15.6. The Morgan fingerprint density at radius 1 is 1.30 bits per heavy atom. The number of hydrogen-bond acceptors (Lipinski definition) is 1. The van der Waals surface area contributed by atoms with Crippen LogP contribution in [0.1, 0.15) is 72.6 Å². The van der Waals surface area contributed by atoms with Gasteiger partial charge in [0.2, 0.25) is 0 Å². The van der Waals surface area contributed by atoms with E-state index in [-0.39, 0.29) is 10.8 Å². The van der Waals surface area contributed by atoms with Crippen molar-refractivity contribution in [3.05, 3.63) is 36.5 Å². The van der Waals surface area contributed by atoms with Crippen molar-refractivity contribution in [2.24, 2.45) is 22.7 Å². The highest BCUT2D eigenvalue weighted by Gasteiger charge is 2.54. The summed E-state index contributed by atoms with van der Waals surface area (Å²) in [6, 6.07) is 0. The van der Waals surface area contributed by atoms with Gasteiger partial charge in [-0.25, -0.2) is 0 Å². The first kappa shape index (κ1) is 18.2. The maximum atomic E-state index is 11.9. The first-order valence-electron chi connectivity index (χ1n) is 9.19. The van der Waals surface area contributed by atoms with Gasteiger partial charge in [-0.2, -0.15) is 0 Å². The molecule has 0 spiro atoms. The smallest absolute Gasteiger partial charge is 0.130 e. The van der Waals surface area contributed by atoms with E-state index in [0.717, 1.165) is 19.3 Å². The van der Waals surface area contributed by atoms with Crippen LogP contribution in [0.2, 0.25) is 0 Å². The number of allylic oxidation sites excluding steroid dienone is 4. The zero-order valence-corrected chi connectivity index (χ0v) is 15.6. The Hall–Kier alpha value is -1.11. The van der Waals surface area contributed by atoms with E-state index in [1.165, 1.54) is 36.8 Å². The number of Topliss-reactive ketones (excluding diaryl/α,β-unsaturated/α-hetero) is 1. The van der Waals surface area contributed by atoms with Gasteiger partial charge in [0.05, 0.1) is 0 Å². The van der Waals surface area contributed by atoms with E-state index in [2.05, 4.69) is 40.0 Å². The summed E-state index contributed by atoms with van der Waals surface area (Å²) in [6.07, 6.45) is 12.1. The van der Waals surface area contributed by atoms with Crippen molar-refractivity contribution >= 4 is 5.78 Å². The highest BCUT2D eigenvalue weighted by atomic mass is 16.1. The normalized spacial score (nSPS) is 38.1. The SMILES string of the molecule is C=C/C(C)=C/C[C@H]1C(=C)CC[C@H]2[C@@](C)(CC(C)=O)CCC[C@]12C. The van der Waals surface area contributed by atoms with Crippen molar-refractivity contribution in [3.8, 4) is 0 Å². The number of rotatable bonds is 5. The minimum Gasteiger partial charge on any atom is -0.300 e. The first-order valence-corrected chi connectivity index (χ1v) is 9.19. The molecule has 4 atom stereocenters. The van der Waals surface area contributed by atoms with E-state index in [9.17, 15) is 4.79 Å². The summed E-state index contributed by atoms with van der Waals surface area (Å²) in [5, 5.41) is 0. The zero-order chi connectivity index (χ0) is 17.3. The van der Waals surface area contributed by atoms with Gasteiger partial charge in [-0.1, -0.05) is 56.7 Å². The number of hydrogen-bond donors (Lipinski definition) is 0. The van der Waals surface area contributed by atoms with Crippen molar-refractivity contribution in [1.29, 1.82) is 0 Å². The minimum absolute atomic E-state index is 0.176. The molecule has 0 aromatic rings. The predicted molar refractivity (Wildman–Crippen MR) is 99.3 cm³/mol. The molecule has 0 aromatic carbocycles. The molecule has 23 heavy (non-hydrogen) atoms. The molecular formula is C22H34O.